The lowest BCUT2D eigenvalue weighted by Gasteiger charge is -2.27. The predicted octanol–water partition coefficient (Wildman–Crippen LogP) is 1.13. The van der Waals surface area contributed by atoms with Crippen molar-refractivity contribution >= 4 is 5.91 Å². The number of methoxy groups -OCH3 is 1. The molecular formula is C17H18N2O4. The molecule has 3 rings (SSSR count). The second-order valence-corrected chi connectivity index (χ2v) is 5.50. The van der Waals surface area contributed by atoms with Crippen LogP contribution in [0.3, 0.4) is 0 Å². The van der Waals surface area contributed by atoms with E-state index < -0.39 is 0 Å². The van der Waals surface area contributed by atoms with Crippen LogP contribution in [0.25, 0.3) is 0 Å². The Morgan fingerprint density at radius 3 is 2.91 bits per heavy atom. The zero-order valence-electron chi connectivity index (χ0n) is 13.0. The molecule has 2 heterocycles. The molecule has 1 amide bonds. The third-order valence-electron chi connectivity index (χ3n) is 3.86. The van der Waals surface area contributed by atoms with Crippen molar-refractivity contribution < 1.29 is 14.3 Å². The highest BCUT2D eigenvalue weighted by atomic mass is 16.5. The Bertz CT molecular complexity index is 797. The molecule has 1 N–H and O–H groups in total. The van der Waals surface area contributed by atoms with E-state index in [9.17, 15) is 9.59 Å². The maximum Gasteiger partial charge on any atom is 0.253 e. The summed E-state index contributed by atoms with van der Waals surface area (Å²) in [6.45, 7) is 0.380. The monoisotopic (exact) mass is 314 g/mol. The summed E-state index contributed by atoms with van der Waals surface area (Å²) < 4.78 is 12.4. The second kappa shape index (κ2) is 6.16. The van der Waals surface area contributed by atoms with Crippen molar-refractivity contribution in [2.45, 2.75) is 12.5 Å². The third-order valence-corrected chi connectivity index (χ3v) is 3.86. The minimum atomic E-state index is -0.222. The number of fused-ring (bicyclic) bond motifs is 1. The molecule has 120 valence electrons. The fourth-order valence-electron chi connectivity index (χ4n) is 2.64. The van der Waals surface area contributed by atoms with Crippen LogP contribution in [0, 0.1) is 0 Å². The highest BCUT2D eigenvalue weighted by Gasteiger charge is 2.24. The van der Waals surface area contributed by atoms with E-state index in [0.717, 1.165) is 11.3 Å². The van der Waals surface area contributed by atoms with Gasteiger partial charge in [-0.2, -0.15) is 0 Å². The van der Waals surface area contributed by atoms with Crippen LogP contribution in [-0.4, -0.2) is 30.2 Å². The Morgan fingerprint density at radius 2 is 2.17 bits per heavy atom. The minimum absolute atomic E-state index is 0.126. The van der Waals surface area contributed by atoms with E-state index in [1.54, 1.807) is 14.2 Å². The number of hydrogen-bond donors (Lipinski definition) is 1. The number of hydrogen-bond acceptors (Lipinski definition) is 4. The molecule has 0 bridgehead atoms. The number of carbonyl (C=O) groups excluding carboxylic acids is 1. The van der Waals surface area contributed by atoms with Gasteiger partial charge >= 0.3 is 0 Å². The predicted molar refractivity (Wildman–Crippen MR) is 85.1 cm³/mol. The van der Waals surface area contributed by atoms with Gasteiger partial charge in [0.25, 0.3) is 5.91 Å². The van der Waals surface area contributed by atoms with E-state index in [1.165, 1.54) is 22.9 Å². The summed E-state index contributed by atoms with van der Waals surface area (Å²) in [7, 11) is 3.22. The van der Waals surface area contributed by atoms with Gasteiger partial charge in [0.2, 0.25) is 5.56 Å². The molecule has 0 fully saturated rings. The lowest BCUT2D eigenvalue weighted by Crippen LogP contribution is -2.43. The van der Waals surface area contributed by atoms with Crippen molar-refractivity contribution in [2.24, 2.45) is 7.05 Å². The van der Waals surface area contributed by atoms with Gasteiger partial charge in [-0.3, -0.25) is 9.59 Å². The molecule has 0 aliphatic carbocycles. The van der Waals surface area contributed by atoms with E-state index in [4.69, 9.17) is 9.47 Å². The van der Waals surface area contributed by atoms with Gasteiger partial charge in [-0.05, 0) is 18.6 Å². The first kappa shape index (κ1) is 15.1. The van der Waals surface area contributed by atoms with Crippen LogP contribution in [0.1, 0.15) is 15.9 Å². The molecular weight excluding hydrogens is 296 g/mol. The van der Waals surface area contributed by atoms with E-state index in [0.29, 0.717) is 24.3 Å². The Kier molecular flexibility index (Phi) is 4.06. The van der Waals surface area contributed by atoms with Crippen molar-refractivity contribution in [3.8, 4) is 11.5 Å². The smallest absolute Gasteiger partial charge is 0.253 e. The van der Waals surface area contributed by atoms with Crippen LogP contribution in [0.4, 0.5) is 0 Å². The molecule has 1 aromatic carbocycles. The molecule has 6 nitrogen and oxygen atoms in total. The van der Waals surface area contributed by atoms with Crippen LogP contribution in [-0.2, 0) is 13.5 Å². The van der Waals surface area contributed by atoms with E-state index >= 15 is 0 Å². The van der Waals surface area contributed by atoms with Crippen molar-refractivity contribution in [2.75, 3.05) is 13.7 Å². The van der Waals surface area contributed by atoms with Gasteiger partial charge in [0.05, 0.1) is 18.7 Å². The maximum absolute atomic E-state index is 12.3. The fourth-order valence-corrected chi connectivity index (χ4v) is 2.64. The SMILES string of the molecule is COc1cccc2c1OCC(NC(=O)c1ccc(=O)n(C)c1)C2. The Balaban J connectivity index is 1.73. The number of para-hydroxylation sites is 1. The summed E-state index contributed by atoms with van der Waals surface area (Å²) in [6, 6.07) is 8.49. The number of pyridine rings is 1. The quantitative estimate of drug-likeness (QED) is 0.922. The zero-order valence-corrected chi connectivity index (χ0v) is 13.0. The maximum atomic E-state index is 12.3. The summed E-state index contributed by atoms with van der Waals surface area (Å²) >= 11 is 0. The molecule has 1 aliphatic rings. The average Bonchev–Trinajstić information content (AvgIpc) is 2.56. The van der Waals surface area contributed by atoms with Gasteiger partial charge in [-0.25, -0.2) is 0 Å². The largest absolute Gasteiger partial charge is 0.493 e. The van der Waals surface area contributed by atoms with Crippen LogP contribution in [0.15, 0.2) is 41.3 Å². The van der Waals surface area contributed by atoms with Gasteiger partial charge in [-0.15, -0.1) is 0 Å². The lowest BCUT2D eigenvalue weighted by atomic mass is 10.0. The molecule has 2 aromatic rings. The summed E-state index contributed by atoms with van der Waals surface area (Å²) in [5, 5.41) is 2.94. The van der Waals surface area contributed by atoms with Crippen molar-refractivity contribution in [1.82, 2.24) is 9.88 Å². The molecule has 0 spiro atoms. The molecule has 1 aliphatic heterocycles. The summed E-state index contributed by atoms with van der Waals surface area (Å²) in [5.74, 6) is 1.22. The Hall–Kier alpha value is -2.76. The number of rotatable bonds is 3. The highest BCUT2D eigenvalue weighted by molar-refractivity contribution is 5.94. The van der Waals surface area contributed by atoms with Crippen LogP contribution in [0.5, 0.6) is 11.5 Å². The van der Waals surface area contributed by atoms with E-state index in [-0.39, 0.29) is 17.5 Å². The average molecular weight is 314 g/mol. The molecule has 0 radical (unpaired) electrons. The van der Waals surface area contributed by atoms with Crippen LogP contribution in [0.2, 0.25) is 0 Å². The zero-order chi connectivity index (χ0) is 16.4. The third kappa shape index (κ3) is 3.06. The number of benzene rings is 1. The number of amides is 1. The standard InChI is InChI=1S/C17H18N2O4/c1-19-9-12(6-7-15(19)20)17(21)18-13-8-11-4-3-5-14(22-2)16(11)23-10-13/h3-7,9,13H,8,10H2,1-2H3,(H,18,21). The summed E-state index contributed by atoms with van der Waals surface area (Å²) in [5.41, 5.74) is 1.30. The van der Waals surface area contributed by atoms with Gasteiger partial charge in [0.15, 0.2) is 11.5 Å². The van der Waals surface area contributed by atoms with Crippen molar-refractivity contribution in [1.29, 1.82) is 0 Å². The molecule has 1 unspecified atom stereocenters. The highest BCUT2D eigenvalue weighted by Crippen LogP contribution is 2.34. The molecule has 1 atom stereocenters. The lowest BCUT2D eigenvalue weighted by molar-refractivity contribution is 0.0913. The minimum Gasteiger partial charge on any atom is -0.493 e. The Morgan fingerprint density at radius 1 is 1.35 bits per heavy atom. The number of aromatic nitrogens is 1. The second-order valence-electron chi connectivity index (χ2n) is 5.50. The number of ether oxygens (including phenoxy) is 2. The number of nitrogens with one attached hydrogen (secondary N) is 1. The first-order valence-corrected chi connectivity index (χ1v) is 7.34. The fraction of sp³-hybridized carbons (Fsp3) is 0.294. The first-order valence-electron chi connectivity index (χ1n) is 7.34. The summed E-state index contributed by atoms with van der Waals surface area (Å²) in [6.07, 6.45) is 2.20. The molecule has 0 saturated heterocycles. The number of carbonyl (C=O) groups is 1. The molecule has 0 saturated carbocycles. The molecule has 6 heteroatoms. The van der Waals surface area contributed by atoms with Gasteiger partial charge in [0, 0.05) is 24.9 Å². The topological polar surface area (TPSA) is 69.6 Å². The van der Waals surface area contributed by atoms with Gasteiger partial charge in [-0.1, -0.05) is 12.1 Å². The van der Waals surface area contributed by atoms with E-state index in [2.05, 4.69) is 5.32 Å². The molecule has 23 heavy (non-hydrogen) atoms. The van der Waals surface area contributed by atoms with Gasteiger partial charge < -0.3 is 19.4 Å². The molecule has 1 aromatic heterocycles. The van der Waals surface area contributed by atoms with Crippen molar-refractivity contribution in [3.05, 3.63) is 58.0 Å². The number of nitrogens with zero attached hydrogens (tertiary/aromatic N) is 1. The summed E-state index contributed by atoms with van der Waals surface area (Å²) in [4.78, 5) is 23.7. The number of aryl methyl sites for hydroxylation is 1. The Labute approximate surface area is 133 Å². The van der Waals surface area contributed by atoms with Crippen LogP contribution >= 0.6 is 0 Å². The van der Waals surface area contributed by atoms with Crippen LogP contribution < -0.4 is 20.3 Å². The van der Waals surface area contributed by atoms with E-state index in [1.807, 2.05) is 18.2 Å². The van der Waals surface area contributed by atoms with Crippen molar-refractivity contribution in [3.63, 3.8) is 0 Å². The van der Waals surface area contributed by atoms with Gasteiger partial charge in [0.1, 0.15) is 6.61 Å². The first-order chi connectivity index (χ1) is 11.1. The normalized spacial score (nSPS) is 16.2.